The van der Waals surface area contributed by atoms with Crippen LogP contribution < -0.4 is 10.2 Å². The number of thiazole rings is 1. The predicted octanol–water partition coefficient (Wildman–Crippen LogP) is 4.46. The van der Waals surface area contributed by atoms with Gasteiger partial charge in [-0.25, -0.2) is 4.98 Å². The van der Waals surface area contributed by atoms with E-state index in [0.717, 1.165) is 26.4 Å². The largest absolute Gasteiger partial charge is 0.302 e. The molecule has 3 aromatic rings. The molecule has 0 bridgehead atoms. The van der Waals surface area contributed by atoms with Gasteiger partial charge >= 0.3 is 0 Å². The Morgan fingerprint density at radius 1 is 1.30 bits per heavy atom. The van der Waals surface area contributed by atoms with Crippen molar-refractivity contribution in [1.82, 2.24) is 4.98 Å². The Morgan fingerprint density at radius 2 is 2.11 bits per heavy atom. The van der Waals surface area contributed by atoms with Crippen molar-refractivity contribution >= 4 is 55.9 Å². The summed E-state index contributed by atoms with van der Waals surface area (Å²) >= 11 is 3.11. The number of benzene rings is 2. The van der Waals surface area contributed by atoms with Crippen LogP contribution >= 0.6 is 23.1 Å². The fraction of sp³-hybridized carbons (Fsp3) is 0.250. The van der Waals surface area contributed by atoms with Crippen molar-refractivity contribution < 1.29 is 9.59 Å². The van der Waals surface area contributed by atoms with Gasteiger partial charge in [0.25, 0.3) is 0 Å². The van der Waals surface area contributed by atoms with Crippen molar-refractivity contribution in [3.63, 3.8) is 0 Å². The second-order valence-electron chi connectivity index (χ2n) is 6.62. The van der Waals surface area contributed by atoms with E-state index in [1.165, 1.54) is 11.3 Å². The van der Waals surface area contributed by atoms with E-state index in [-0.39, 0.29) is 23.6 Å². The number of carbonyl (C=O) groups excluding carboxylic acids is 2. The molecule has 1 unspecified atom stereocenters. The number of carbonyl (C=O) groups is 2. The maximum atomic E-state index is 12.7. The molecule has 1 aliphatic heterocycles. The second-order valence-corrected chi connectivity index (χ2v) is 9.13. The maximum absolute atomic E-state index is 12.7. The molecule has 2 amide bonds. The van der Waals surface area contributed by atoms with Gasteiger partial charge in [-0.2, -0.15) is 0 Å². The molecule has 4 rings (SSSR count). The SMILES string of the molecule is Cc1ccc2nc(NC(=O)CN3C(=O)CC(C)Sc4ccccc43)sc2c1. The highest BCUT2D eigenvalue weighted by atomic mass is 32.2. The first-order valence-electron chi connectivity index (χ1n) is 8.73. The third-order valence-corrected chi connectivity index (χ3v) is 6.44. The van der Waals surface area contributed by atoms with Crippen LogP contribution in [0.25, 0.3) is 10.2 Å². The Bertz CT molecular complexity index is 1030. The van der Waals surface area contributed by atoms with E-state index in [1.807, 2.05) is 50.2 Å². The van der Waals surface area contributed by atoms with Crippen molar-refractivity contribution in [3.8, 4) is 0 Å². The monoisotopic (exact) mass is 397 g/mol. The molecule has 5 nitrogen and oxygen atoms in total. The lowest BCUT2D eigenvalue weighted by molar-refractivity contribution is -0.121. The zero-order chi connectivity index (χ0) is 19.0. The Balaban J connectivity index is 1.55. The van der Waals surface area contributed by atoms with Gasteiger partial charge in [0, 0.05) is 16.6 Å². The molecular formula is C20H19N3O2S2. The van der Waals surface area contributed by atoms with E-state index < -0.39 is 0 Å². The van der Waals surface area contributed by atoms with Crippen molar-refractivity contribution in [2.24, 2.45) is 0 Å². The highest BCUT2D eigenvalue weighted by Gasteiger charge is 2.27. The molecule has 0 spiro atoms. The molecule has 2 heterocycles. The van der Waals surface area contributed by atoms with Crippen molar-refractivity contribution in [1.29, 1.82) is 0 Å². The molecule has 2 aromatic carbocycles. The molecule has 7 heteroatoms. The number of thioether (sulfide) groups is 1. The van der Waals surface area contributed by atoms with Gasteiger partial charge in [-0.1, -0.05) is 36.5 Å². The summed E-state index contributed by atoms with van der Waals surface area (Å²) in [5.74, 6) is -0.275. The van der Waals surface area contributed by atoms with Crippen LogP contribution in [0.3, 0.4) is 0 Å². The molecular weight excluding hydrogens is 378 g/mol. The predicted molar refractivity (Wildman–Crippen MR) is 112 cm³/mol. The summed E-state index contributed by atoms with van der Waals surface area (Å²) in [7, 11) is 0. The lowest BCUT2D eigenvalue weighted by atomic mass is 10.2. The number of rotatable bonds is 3. The summed E-state index contributed by atoms with van der Waals surface area (Å²) < 4.78 is 1.03. The minimum absolute atomic E-state index is 0.0158. The molecule has 0 saturated heterocycles. The third-order valence-electron chi connectivity index (χ3n) is 4.34. The Kier molecular flexibility index (Phi) is 4.88. The van der Waals surface area contributed by atoms with Crippen LogP contribution in [0.15, 0.2) is 47.4 Å². The molecule has 1 N–H and O–H groups in total. The van der Waals surface area contributed by atoms with E-state index in [9.17, 15) is 9.59 Å². The molecule has 27 heavy (non-hydrogen) atoms. The third kappa shape index (κ3) is 3.84. The first-order chi connectivity index (χ1) is 13.0. The van der Waals surface area contributed by atoms with Crippen LogP contribution in [0.1, 0.15) is 18.9 Å². The van der Waals surface area contributed by atoms with E-state index in [2.05, 4.69) is 16.4 Å². The normalized spacial score (nSPS) is 16.9. The number of anilines is 2. The second kappa shape index (κ2) is 7.32. The minimum atomic E-state index is -0.242. The molecule has 0 radical (unpaired) electrons. The first-order valence-corrected chi connectivity index (χ1v) is 10.4. The van der Waals surface area contributed by atoms with E-state index in [1.54, 1.807) is 16.7 Å². The van der Waals surface area contributed by atoms with E-state index in [4.69, 9.17) is 0 Å². The average Bonchev–Trinajstić information content (AvgIpc) is 2.96. The number of hydrogen-bond acceptors (Lipinski definition) is 5. The number of nitrogens with one attached hydrogen (secondary N) is 1. The summed E-state index contributed by atoms with van der Waals surface area (Å²) in [6, 6.07) is 13.7. The minimum Gasteiger partial charge on any atom is -0.302 e. The van der Waals surface area contributed by atoms with Crippen LogP contribution in [0.2, 0.25) is 0 Å². The number of para-hydroxylation sites is 1. The van der Waals surface area contributed by atoms with Crippen LogP contribution in [-0.4, -0.2) is 28.6 Å². The summed E-state index contributed by atoms with van der Waals surface area (Å²) in [6.07, 6.45) is 0.410. The zero-order valence-electron chi connectivity index (χ0n) is 15.1. The topological polar surface area (TPSA) is 62.3 Å². The Labute approximate surface area is 165 Å². The Morgan fingerprint density at radius 3 is 2.96 bits per heavy atom. The quantitative estimate of drug-likeness (QED) is 0.709. The van der Waals surface area contributed by atoms with Gasteiger partial charge in [0.2, 0.25) is 11.8 Å². The van der Waals surface area contributed by atoms with Gasteiger partial charge in [0.1, 0.15) is 6.54 Å². The lowest BCUT2D eigenvalue weighted by Crippen LogP contribution is -2.38. The summed E-state index contributed by atoms with van der Waals surface area (Å²) in [6.45, 7) is 4.04. The van der Waals surface area contributed by atoms with Crippen molar-refractivity contribution in [2.45, 2.75) is 30.4 Å². The number of fused-ring (bicyclic) bond motifs is 2. The van der Waals surface area contributed by atoms with Gasteiger partial charge in [-0.05, 0) is 36.8 Å². The smallest absolute Gasteiger partial charge is 0.246 e. The number of amides is 2. The fourth-order valence-electron chi connectivity index (χ4n) is 3.09. The maximum Gasteiger partial charge on any atom is 0.246 e. The van der Waals surface area contributed by atoms with E-state index >= 15 is 0 Å². The van der Waals surface area contributed by atoms with Crippen LogP contribution in [-0.2, 0) is 9.59 Å². The van der Waals surface area contributed by atoms with Crippen molar-refractivity contribution in [2.75, 3.05) is 16.8 Å². The molecule has 0 saturated carbocycles. The fourth-order valence-corrected chi connectivity index (χ4v) is 5.19. The first kappa shape index (κ1) is 18.0. The molecule has 1 aromatic heterocycles. The Hall–Kier alpha value is -2.38. The van der Waals surface area contributed by atoms with Crippen LogP contribution in [0.5, 0.6) is 0 Å². The molecule has 138 valence electrons. The zero-order valence-corrected chi connectivity index (χ0v) is 16.7. The highest BCUT2D eigenvalue weighted by Crippen LogP contribution is 2.37. The van der Waals surface area contributed by atoms with Crippen LogP contribution in [0.4, 0.5) is 10.8 Å². The summed E-state index contributed by atoms with van der Waals surface area (Å²) in [5, 5.41) is 3.58. The summed E-state index contributed by atoms with van der Waals surface area (Å²) in [4.78, 5) is 32.4. The van der Waals surface area contributed by atoms with Gasteiger partial charge in [0.05, 0.1) is 15.9 Å². The molecule has 1 atom stereocenters. The standard InChI is InChI=1S/C20H19N3O2S2/c1-12-7-8-14-17(9-12)27-20(21-14)22-18(24)11-23-15-5-3-4-6-16(15)26-13(2)10-19(23)25/h3-9,13H,10-11H2,1-2H3,(H,21,22,24). The van der Waals surface area contributed by atoms with Gasteiger partial charge < -0.3 is 10.2 Å². The van der Waals surface area contributed by atoms with Gasteiger partial charge in [-0.3, -0.25) is 9.59 Å². The number of hydrogen-bond donors (Lipinski definition) is 1. The number of aromatic nitrogens is 1. The number of aryl methyl sites for hydroxylation is 1. The molecule has 1 aliphatic rings. The van der Waals surface area contributed by atoms with Gasteiger partial charge in [0.15, 0.2) is 5.13 Å². The van der Waals surface area contributed by atoms with Crippen molar-refractivity contribution in [3.05, 3.63) is 48.0 Å². The van der Waals surface area contributed by atoms with Crippen LogP contribution in [0, 0.1) is 6.92 Å². The van der Waals surface area contributed by atoms with Gasteiger partial charge in [-0.15, -0.1) is 11.8 Å². The number of nitrogens with zero attached hydrogens (tertiary/aromatic N) is 2. The highest BCUT2D eigenvalue weighted by molar-refractivity contribution is 8.00. The molecule has 0 fully saturated rings. The molecule has 0 aliphatic carbocycles. The average molecular weight is 398 g/mol. The lowest BCUT2D eigenvalue weighted by Gasteiger charge is -2.21. The summed E-state index contributed by atoms with van der Waals surface area (Å²) in [5.41, 5.74) is 2.82. The van der Waals surface area contributed by atoms with E-state index in [0.29, 0.717) is 11.6 Å².